The zero-order chi connectivity index (χ0) is 22.7. The molecule has 0 atom stereocenters. The number of rotatable bonds is 7. The van der Waals surface area contributed by atoms with E-state index in [0.717, 1.165) is 16.8 Å². The number of methoxy groups -OCH3 is 3. The lowest BCUT2D eigenvalue weighted by atomic mass is 10.1. The fourth-order valence-corrected chi connectivity index (χ4v) is 4.58. The predicted octanol–water partition coefficient (Wildman–Crippen LogP) is 2.95. The number of nitrogens with zero attached hydrogens (tertiary/aromatic N) is 3. The molecule has 168 valence electrons. The predicted molar refractivity (Wildman–Crippen MR) is 125 cm³/mol. The number of anilines is 1. The van der Waals surface area contributed by atoms with Crippen LogP contribution in [0.3, 0.4) is 0 Å². The van der Waals surface area contributed by atoms with E-state index in [1.165, 1.54) is 11.8 Å². The minimum atomic E-state index is -0.150. The molecule has 0 saturated carbocycles. The van der Waals surface area contributed by atoms with E-state index >= 15 is 0 Å². The Balaban J connectivity index is 1.55. The Kier molecular flexibility index (Phi) is 6.57. The third-order valence-electron chi connectivity index (χ3n) is 5.27. The first-order valence-electron chi connectivity index (χ1n) is 10.1. The smallest absolute Gasteiger partial charge is 0.280 e. The van der Waals surface area contributed by atoms with Crippen LogP contribution in [0.2, 0.25) is 0 Å². The SMILES string of the molecule is COc1cc(C=C2N=C3SCN(c4ccc(CCO)cc4)CN3C2=O)cc(OC)c1OC. The maximum atomic E-state index is 13.1. The van der Waals surface area contributed by atoms with Crippen LogP contribution < -0.4 is 19.1 Å². The van der Waals surface area contributed by atoms with E-state index in [-0.39, 0.29) is 12.5 Å². The molecule has 1 fully saturated rings. The summed E-state index contributed by atoms with van der Waals surface area (Å²) < 4.78 is 16.2. The summed E-state index contributed by atoms with van der Waals surface area (Å²) >= 11 is 1.52. The lowest BCUT2D eigenvalue weighted by Crippen LogP contribution is -2.46. The molecule has 0 bridgehead atoms. The van der Waals surface area contributed by atoms with Gasteiger partial charge in [0, 0.05) is 12.3 Å². The Morgan fingerprint density at radius 3 is 2.38 bits per heavy atom. The highest BCUT2D eigenvalue weighted by atomic mass is 32.2. The van der Waals surface area contributed by atoms with E-state index in [2.05, 4.69) is 9.89 Å². The van der Waals surface area contributed by atoms with Crippen LogP contribution in [0.15, 0.2) is 47.1 Å². The number of hydrogen-bond acceptors (Lipinski definition) is 8. The highest BCUT2D eigenvalue weighted by molar-refractivity contribution is 8.14. The second kappa shape index (κ2) is 9.54. The quantitative estimate of drug-likeness (QED) is 0.643. The van der Waals surface area contributed by atoms with Gasteiger partial charge in [0.1, 0.15) is 12.4 Å². The van der Waals surface area contributed by atoms with Crippen LogP contribution in [0.1, 0.15) is 11.1 Å². The third kappa shape index (κ3) is 4.26. The molecule has 0 unspecified atom stereocenters. The molecular formula is C23H25N3O5S. The van der Waals surface area contributed by atoms with Crippen molar-refractivity contribution in [1.82, 2.24) is 4.90 Å². The van der Waals surface area contributed by atoms with Gasteiger partial charge in [-0.3, -0.25) is 9.69 Å². The van der Waals surface area contributed by atoms with Gasteiger partial charge in [0.25, 0.3) is 5.91 Å². The van der Waals surface area contributed by atoms with Crippen molar-refractivity contribution in [3.05, 3.63) is 53.2 Å². The topological polar surface area (TPSA) is 83.8 Å². The highest BCUT2D eigenvalue weighted by Crippen LogP contribution is 2.39. The average molecular weight is 456 g/mol. The minimum absolute atomic E-state index is 0.127. The summed E-state index contributed by atoms with van der Waals surface area (Å²) in [5, 5.41) is 9.78. The number of fused-ring (bicyclic) bond motifs is 1. The van der Waals surface area contributed by atoms with Gasteiger partial charge in [0.15, 0.2) is 16.7 Å². The largest absolute Gasteiger partial charge is 0.493 e. The Morgan fingerprint density at radius 1 is 1.09 bits per heavy atom. The standard InChI is InChI=1S/C23H25N3O5S/c1-29-19-11-16(12-20(30-2)21(19)31-3)10-18-22(28)26-13-25(14-32-23(26)24-18)17-6-4-15(5-7-17)8-9-27/h4-7,10-12,27H,8-9,13-14H2,1-3H3. The Hall–Kier alpha value is -3.17. The number of aliphatic hydroxyl groups excluding tert-OH is 1. The van der Waals surface area contributed by atoms with Crippen molar-refractivity contribution in [2.75, 3.05) is 45.4 Å². The molecule has 1 saturated heterocycles. The number of ether oxygens (including phenoxy) is 3. The highest BCUT2D eigenvalue weighted by Gasteiger charge is 2.35. The Labute approximate surface area is 191 Å². The number of amidine groups is 1. The zero-order valence-corrected chi connectivity index (χ0v) is 19.0. The van der Waals surface area contributed by atoms with Crippen molar-refractivity contribution in [3.63, 3.8) is 0 Å². The molecular weight excluding hydrogens is 430 g/mol. The van der Waals surface area contributed by atoms with E-state index < -0.39 is 0 Å². The molecule has 1 amide bonds. The summed E-state index contributed by atoms with van der Waals surface area (Å²) in [7, 11) is 4.65. The molecule has 32 heavy (non-hydrogen) atoms. The normalized spacial score (nSPS) is 16.8. The van der Waals surface area contributed by atoms with Gasteiger partial charge >= 0.3 is 0 Å². The molecule has 2 aromatic rings. The molecule has 9 heteroatoms. The lowest BCUT2D eigenvalue weighted by Gasteiger charge is -2.34. The summed E-state index contributed by atoms with van der Waals surface area (Å²) in [6, 6.07) is 11.6. The summed E-state index contributed by atoms with van der Waals surface area (Å²) in [4.78, 5) is 21.4. The maximum absolute atomic E-state index is 13.1. The van der Waals surface area contributed by atoms with Gasteiger partial charge in [-0.15, -0.1) is 0 Å². The van der Waals surface area contributed by atoms with Gasteiger partial charge in [-0.2, -0.15) is 0 Å². The summed E-state index contributed by atoms with van der Waals surface area (Å²) in [5.41, 5.74) is 3.19. The first kappa shape index (κ1) is 22.0. The number of carbonyl (C=O) groups excluding carboxylic acids is 1. The average Bonchev–Trinajstić information content (AvgIpc) is 3.13. The van der Waals surface area contributed by atoms with Crippen LogP contribution in [0.25, 0.3) is 6.08 Å². The molecule has 8 nitrogen and oxygen atoms in total. The Bertz CT molecular complexity index is 1040. The van der Waals surface area contributed by atoms with Gasteiger partial charge in [0.05, 0.1) is 27.2 Å². The lowest BCUT2D eigenvalue weighted by molar-refractivity contribution is -0.122. The first-order valence-corrected chi connectivity index (χ1v) is 11.1. The summed E-state index contributed by atoms with van der Waals surface area (Å²) in [6.07, 6.45) is 2.36. The number of amides is 1. The van der Waals surface area contributed by atoms with E-state index in [0.29, 0.717) is 47.1 Å². The molecule has 2 aromatic carbocycles. The minimum Gasteiger partial charge on any atom is -0.493 e. The van der Waals surface area contributed by atoms with Crippen LogP contribution in [0.5, 0.6) is 17.2 Å². The van der Waals surface area contributed by atoms with Gasteiger partial charge < -0.3 is 24.2 Å². The van der Waals surface area contributed by atoms with Crippen molar-refractivity contribution in [2.24, 2.45) is 4.99 Å². The van der Waals surface area contributed by atoms with Gasteiger partial charge in [-0.05, 0) is 47.9 Å². The summed E-state index contributed by atoms with van der Waals surface area (Å²) in [6.45, 7) is 0.554. The van der Waals surface area contributed by atoms with E-state index in [9.17, 15) is 4.79 Å². The van der Waals surface area contributed by atoms with Crippen LogP contribution in [0.4, 0.5) is 5.69 Å². The van der Waals surface area contributed by atoms with Crippen molar-refractivity contribution in [2.45, 2.75) is 6.42 Å². The number of carbonyl (C=O) groups is 1. The van der Waals surface area contributed by atoms with Crippen LogP contribution >= 0.6 is 11.8 Å². The number of aliphatic imine (C=N–C) groups is 1. The molecule has 4 rings (SSSR count). The zero-order valence-electron chi connectivity index (χ0n) is 18.2. The number of hydrogen-bond donors (Lipinski definition) is 1. The molecule has 1 N–H and O–H groups in total. The van der Waals surface area contributed by atoms with Crippen LogP contribution in [0, 0.1) is 0 Å². The number of benzene rings is 2. The third-order valence-corrected chi connectivity index (χ3v) is 6.28. The Morgan fingerprint density at radius 2 is 1.78 bits per heavy atom. The fraction of sp³-hybridized carbons (Fsp3) is 0.304. The van der Waals surface area contributed by atoms with E-state index in [1.54, 1.807) is 44.4 Å². The molecule has 2 heterocycles. The number of thioether (sulfide) groups is 1. The van der Waals surface area contributed by atoms with E-state index in [1.807, 2.05) is 24.3 Å². The molecule has 2 aliphatic heterocycles. The molecule has 0 spiro atoms. The fourth-order valence-electron chi connectivity index (χ4n) is 3.61. The van der Waals surface area contributed by atoms with Gasteiger partial charge in [0.2, 0.25) is 5.75 Å². The van der Waals surface area contributed by atoms with Gasteiger partial charge in [-0.1, -0.05) is 23.9 Å². The van der Waals surface area contributed by atoms with Crippen molar-refractivity contribution >= 4 is 34.6 Å². The van der Waals surface area contributed by atoms with Crippen LogP contribution in [-0.4, -0.2) is 61.6 Å². The molecule has 0 radical (unpaired) electrons. The van der Waals surface area contributed by atoms with Crippen molar-refractivity contribution in [1.29, 1.82) is 0 Å². The van der Waals surface area contributed by atoms with Crippen LogP contribution in [-0.2, 0) is 11.2 Å². The van der Waals surface area contributed by atoms with Gasteiger partial charge in [-0.25, -0.2) is 4.99 Å². The number of aliphatic hydroxyl groups is 1. The molecule has 0 aromatic heterocycles. The monoisotopic (exact) mass is 455 g/mol. The second-order valence-electron chi connectivity index (χ2n) is 7.21. The maximum Gasteiger partial charge on any atom is 0.280 e. The summed E-state index contributed by atoms with van der Waals surface area (Å²) in [5.74, 6) is 2.07. The first-order chi connectivity index (χ1) is 15.6. The molecule has 0 aliphatic carbocycles. The second-order valence-corrected chi connectivity index (χ2v) is 8.12. The van der Waals surface area contributed by atoms with Crippen molar-refractivity contribution in [3.8, 4) is 17.2 Å². The van der Waals surface area contributed by atoms with E-state index in [4.69, 9.17) is 19.3 Å². The van der Waals surface area contributed by atoms with Crippen molar-refractivity contribution < 1.29 is 24.1 Å². The molecule has 2 aliphatic rings.